The molecule has 0 radical (unpaired) electrons. The van der Waals surface area contributed by atoms with Gasteiger partial charge in [-0.15, -0.1) is 0 Å². The Hall–Kier alpha value is -2.62. The van der Waals surface area contributed by atoms with Crippen molar-refractivity contribution < 1.29 is 13.9 Å². The van der Waals surface area contributed by atoms with Crippen LogP contribution in [0.2, 0.25) is 0 Å². The number of nitrogens with zero attached hydrogens (tertiary/aromatic N) is 1. The Labute approximate surface area is 123 Å². The SMILES string of the molecule is CCOC(=O)c1nc(/C=C\C=C\c2ccccc2)oc1C. The van der Waals surface area contributed by atoms with Crippen molar-refractivity contribution in [2.24, 2.45) is 0 Å². The summed E-state index contributed by atoms with van der Waals surface area (Å²) in [5.41, 5.74) is 1.33. The predicted octanol–water partition coefficient (Wildman–Crippen LogP) is 3.89. The van der Waals surface area contributed by atoms with E-state index in [0.717, 1.165) is 5.56 Å². The molecule has 0 amide bonds. The van der Waals surface area contributed by atoms with E-state index in [1.807, 2.05) is 48.6 Å². The maximum atomic E-state index is 11.6. The number of hydrogen-bond donors (Lipinski definition) is 0. The summed E-state index contributed by atoms with van der Waals surface area (Å²) < 4.78 is 10.3. The van der Waals surface area contributed by atoms with Crippen molar-refractivity contribution in [3.05, 3.63) is 65.4 Å². The third-order valence-electron chi connectivity index (χ3n) is 2.72. The maximum absolute atomic E-state index is 11.6. The third-order valence-corrected chi connectivity index (χ3v) is 2.72. The highest BCUT2D eigenvalue weighted by Gasteiger charge is 2.16. The second-order valence-electron chi connectivity index (χ2n) is 4.31. The molecule has 1 aromatic carbocycles. The molecular formula is C17H17NO3. The molecule has 108 valence electrons. The lowest BCUT2D eigenvalue weighted by molar-refractivity contribution is 0.0518. The molecule has 0 N–H and O–H groups in total. The van der Waals surface area contributed by atoms with E-state index in [0.29, 0.717) is 18.3 Å². The molecule has 4 heteroatoms. The summed E-state index contributed by atoms with van der Waals surface area (Å²) >= 11 is 0. The number of rotatable bonds is 5. The molecule has 0 spiro atoms. The van der Waals surface area contributed by atoms with Crippen molar-refractivity contribution in [2.75, 3.05) is 6.61 Å². The fourth-order valence-corrected chi connectivity index (χ4v) is 1.75. The number of aryl methyl sites for hydroxylation is 1. The van der Waals surface area contributed by atoms with Gasteiger partial charge in [-0.2, -0.15) is 0 Å². The molecule has 0 unspecified atom stereocenters. The van der Waals surface area contributed by atoms with E-state index in [9.17, 15) is 4.79 Å². The Balaban J connectivity index is 2.03. The van der Waals surface area contributed by atoms with E-state index in [1.54, 1.807) is 19.9 Å². The standard InChI is InChI=1S/C17H17NO3/c1-3-20-17(19)16-13(2)21-15(18-16)12-8-7-11-14-9-5-4-6-10-14/h4-12H,3H2,1-2H3/b11-7+,12-8-. The highest BCUT2D eigenvalue weighted by molar-refractivity contribution is 5.88. The van der Waals surface area contributed by atoms with Crippen LogP contribution < -0.4 is 0 Å². The van der Waals surface area contributed by atoms with E-state index >= 15 is 0 Å². The van der Waals surface area contributed by atoms with Gasteiger partial charge in [0.2, 0.25) is 5.89 Å². The summed E-state index contributed by atoms with van der Waals surface area (Å²) in [5, 5.41) is 0. The molecule has 4 nitrogen and oxygen atoms in total. The lowest BCUT2D eigenvalue weighted by Crippen LogP contribution is -2.06. The first-order valence-electron chi connectivity index (χ1n) is 6.75. The molecule has 0 aliphatic rings. The third kappa shape index (κ3) is 4.18. The van der Waals surface area contributed by atoms with Gasteiger partial charge < -0.3 is 9.15 Å². The number of carbonyl (C=O) groups excluding carboxylic acids is 1. The second kappa shape index (κ2) is 7.24. The quantitative estimate of drug-likeness (QED) is 0.617. The Morgan fingerprint density at radius 3 is 2.67 bits per heavy atom. The van der Waals surface area contributed by atoms with Crippen molar-refractivity contribution in [3.63, 3.8) is 0 Å². The lowest BCUT2D eigenvalue weighted by Gasteiger charge is -1.96. The van der Waals surface area contributed by atoms with Crippen LogP contribution >= 0.6 is 0 Å². The average Bonchev–Trinajstić information content (AvgIpc) is 2.86. The van der Waals surface area contributed by atoms with Crippen molar-refractivity contribution in [1.29, 1.82) is 0 Å². The Morgan fingerprint density at radius 2 is 1.95 bits per heavy atom. The number of aromatic nitrogens is 1. The Bertz CT molecular complexity index is 654. The van der Waals surface area contributed by atoms with E-state index in [4.69, 9.17) is 9.15 Å². The van der Waals surface area contributed by atoms with Crippen LogP contribution in [-0.2, 0) is 4.74 Å². The molecule has 0 aliphatic carbocycles. The van der Waals surface area contributed by atoms with Gasteiger partial charge in [-0.05, 0) is 19.4 Å². The Morgan fingerprint density at radius 1 is 1.24 bits per heavy atom. The lowest BCUT2D eigenvalue weighted by atomic mass is 10.2. The van der Waals surface area contributed by atoms with E-state index in [-0.39, 0.29) is 5.69 Å². The molecule has 2 rings (SSSR count). The van der Waals surface area contributed by atoms with Gasteiger partial charge >= 0.3 is 5.97 Å². The molecule has 0 saturated carbocycles. The summed E-state index contributed by atoms with van der Waals surface area (Å²) in [5.74, 6) is 0.381. The fourth-order valence-electron chi connectivity index (χ4n) is 1.75. The summed E-state index contributed by atoms with van der Waals surface area (Å²) in [6.45, 7) is 3.76. The summed E-state index contributed by atoms with van der Waals surface area (Å²) in [6.07, 6.45) is 7.37. The maximum Gasteiger partial charge on any atom is 0.360 e. The summed E-state index contributed by atoms with van der Waals surface area (Å²) in [7, 11) is 0. The van der Waals surface area contributed by atoms with Crippen LogP contribution in [-0.4, -0.2) is 17.6 Å². The number of benzene rings is 1. The van der Waals surface area contributed by atoms with Crippen LogP contribution in [0.5, 0.6) is 0 Å². The zero-order valence-corrected chi connectivity index (χ0v) is 12.1. The van der Waals surface area contributed by atoms with Crippen LogP contribution in [0.25, 0.3) is 12.2 Å². The highest BCUT2D eigenvalue weighted by Crippen LogP contribution is 2.12. The predicted molar refractivity (Wildman–Crippen MR) is 81.7 cm³/mol. The second-order valence-corrected chi connectivity index (χ2v) is 4.31. The minimum absolute atomic E-state index is 0.225. The molecular weight excluding hydrogens is 266 g/mol. The topological polar surface area (TPSA) is 52.3 Å². The molecule has 0 bridgehead atoms. The van der Waals surface area contributed by atoms with Crippen molar-refractivity contribution in [1.82, 2.24) is 4.98 Å². The van der Waals surface area contributed by atoms with Crippen LogP contribution in [0.15, 0.2) is 46.9 Å². The number of ether oxygens (including phenoxy) is 1. The van der Waals surface area contributed by atoms with Gasteiger partial charge in [0.1, 0.15) is 5.76 Å². The number of allylic oxidation sites excluding steroid dienone is 2. The molecule has 0 atom stereocenters. The first kappa shape index (κ1) is 14.8. The van der Waals surface area contributed by atoms with Gasteiger partial charge in [-0.25, -0.2) is 9.78 Å². The minimum Gasteiger partial charge on any atom is -0.461 e. The van der Waals surface area contributed by atoms with E-state index in [2.05, 4.69) is 4.98 Å². The number of hydrogen-bond acceptors (Lipinski definition) is 4. The van der Waals surface area contributed by atoms with Gasteiger partial charge in [0.05, 0.1) is 6.61 Å². The van der Waals surface area contributed by atoms with Gasteiger partial charge in [0.25, 0.3) is 0 Å². The highest BCUT2D eigenvalue weighted by atomic mass is 16.5. The van der Waals surface area contributed by atoms with E-state index < -0.39 is 5.97 Å². The minimum atomic E-state index is -0.460. The monoisotopic (exact) mass is 283 g/mol. The van der Waals surface area contributed by atoms with Crippen molar-refractivity contribution in [2.45, 2.75) is 13.8 Å². The first-order chi connectivity index (χ1) is 10.2. The van der Waals surface area contributed by atoms with Gasteiger partial charge in [0, 0.05) is 6.08 Å². The number of oxazole rings is 1. The summed E-state index contributed by atoms with van der Waals surface area (Å²) in [6, 6.07) is 9.95. The van der Waals surface area contributed by atoms with E-state index in [1.165, 1.54) is 0 Å². The van der Waals surface area contributed by atoms with Crippen LogP contribution in [0.4, 0.5) is 0 Å². The van der Waals surface area contributed by atoms with Gasteiger partial charge in [-0.3, -0.25) is 0 Å². The van der Waals surface area contributed by atoms with Crippen LogP contribution in [0, 0.1) is 6.92 Å². The number of carbonyl (C=O) groups is 1. The molecule has 0 aliphatic heterocycles. The molecule has 0 fully saturated rings. The normalized spacial score (nSPS) is 11.3. The van der Waals surface area contributed by atoms with Crippen molar-refractivity contribution >= 4 is 18.1 Å². The molecule has 0 saturated heterocycles. The van der Waals surface area contributed by atoms with Gasteiger partial charge in [0.15, 0.2) is 5.69 Å². The summed E-state index contributed by atoms with van der Waals surface area (Å²) in [4.78, 5) is 15.7. The van der Waals surface area contributed by atoms with Crippen molar-refractivity contribution in [3.8, 4) is 0 Å². The Kier molecular flexibility index (Phi) is 5.10. The smallest absolute Gasteiger partial charge is 0.360 e. The first-order valence-corrected chi connectivity index (χ1v) is 6.75. The zero-order valence-electron chi connectivity index (χ0n) is 12.1. The zero-order chi connectivity index (χ0) is 15.1. The van der Waals surface area contributed by atoms with Crippen LogP contribution in [0.1, 0.15) is 34.6 Å². The molecule has 1 heterocycles. The molecule has 21 heavy (non-hydrogen) atoms. The largest absolute Gasteiger partial charge is 0.461 e. The molecule has 1 aromatic heterocycles. The molecule has 2 aromatic rings. The average molecular weight is 283 g/mol. The van der Waals surface area contributed by atoms with Gasteiger partial charge in [-0.1, -0.05) is 48.6 Å². The fraction of sp³-hybridized carbons (Fsp3) is 0.176. The van der Waals surface area contributed by atoms with Crippen LogP contribution in [0.3, 0.4) is 0 Å². The number of esters is 1.